The lowest BCUT2D eigenvalue weighted by molar-refractivity contribution is -0.0512. The topological polar surface area (TPSA) is 71.3 Å². The Hall–Kier alpha value is -2.66. The molecule has 1 aromatic heterocycles. The lowest BCUT2D eigenvalue weighted by atomic mass is 9.88. The van der Waals surface area contributed by atoms with Crippen molar-refractivity contribution >= 4 is 22.2 Å². The fraction of sp³-hybridized carbons (Fsp3) is 0.368. The highest BCUT2D eigenvalue weighted by Crippen LogP contribution is 2.39. The highest BCUT2D eigenvalue weighted by molar-refractivity contribution is 7.16. The summed E-state index contributed by atoms with van der Waals surface area (Å²) >= 11 is 1.43. The van der Waals surface area contributed by atoms with Crippen molar-refractivity contribution in [3.05, 3.63) is 39.8 Å². The standard InChI is InChI=1S/C19H18F2N2O3S/c1-10-3-5-12-13(9-22)18(27-16(12)7-10)23-17(24)11-4-6-14(26-19(20)21)15(8-11)25-2/h4,6,8,10,19H,3,5,7H2,1-2H3,(H,23,24). The number of methoxy groups -OCH3 is 1. The van der Waals surface area contributed by atoms with Crippen LogP contribution in [0.25, 0.3) is 0 Å². The molecule has 2 aromatic rings. The molecule has 0 saturated heterocycles. The minimum Gasteiger partial charge on any atom is -0.493 e. The highest BCUT2D eigenvalue weighted by Gasteiger charge is 2.25. The van der Waals surface area contributed by atoms with Crippen molar-refractivity contribution < 1.29 is 23.0 Å². The third-order valence-electron chi connectivity index (χ3n) is 4.49. The van der Waals surface area contributed by atoms with Crippen LogP contribution in [-0.4, -0.2) is 19.6 Å². The molecular formula is C19H18F2N2O3S. The minimum absolute atomic E-state index is 0.0303. The molecule has 27 heavy (non-hydrogen) atoms. The lowest BCUT2D eigenvalue weighted by Gasteiger charge is -2.17. The van der Waals surface area contributed by atoms with Crippen LogP contribution in [0.5, 0.6) is 11.5 Å². The fourth-order valence-corrected chi connectivity index (χ4v) is 4.49. The van der Waals surface area contributed by atoms with E-state index in [-0.39, 0.29) is 17.1 Å². The summed E-state index contributed by atoms with van der Waals surface area (Å²) in [6, 6.07) is 6.15. The second kappa shape index (κ2) is 7.92. The summed E-state index contributed by atoms with van der Waals surface area (Å²) in [6.07, 6.45) is 2.76. The van der Waals surface area contributed by atoms with Crippen molar-refractivity contribution in [2.45, 2.75) is 32.8 Å². The van der Waals surface area contributed by atoms with Gasteiger partial charge in [-0.05, 0) is 48.9 Å². The zero-order chi connectivity index (χ0) is 19.6. The Balaban J connectivity index is 1.85. The number of nitrogens with one attached hydrogen (secondary N) is 1. The largest absolute Gasteiger partial charge is 0.493 e. The van der Waals surface area contributed by atoms with Crippen LogP contribution < -0.4 is 14.8 Å². The monoisotopic (exact) mass is 392 g/mol. The SMILES string of the molecule is COc1cc(C(=O)Nc2sc3c(c2C#N)CCC(C)C3)ccc1OC(F)F. The Bertz CT molecular complexity index is 905. The summed E-state index contributed by atoms with van der Waals surface area (Å²) in [5.41, 5.74) is 1.76. The molecular weight excluding hydrogens is 374 g/mol. The molecule has 0 aliphatic heterocycles. The predicted octanol–water partition coefficient (Wildman–Crippen LogP) is 4.61. The number of carbonyl (C=O) groups excluding carboxylic acids is 1. The number of halogens is 2. The number of hydrogen-bond acceptors (Lipinski definition) is 5. The van der Waals surface area contributed by atoms with Crippen LogP contribution in [-0.2, 0) is 12.8 Å². The number of anilines is 1. The predicted molar refractivity (Wildman–Crippen MR) is 97.8 cm³/mol. The molecule has 0 saturated carbocycles. The molecule has 5 nitrogen and oxygen atoms in total. The van der Waals surface area contributed by atoms with Gasteiger partial charge in [-0.1, -0.05) is 6.92 Å². The number of carbonyl (C=O) groups is 1. The number of thiophene rings is 1. The van der Waals surface area contributed by atoms with Crippen molar-refractivity contribution in [3.8, 4) is 17.6 Å². The van der Waals surface area contributed by atoms with Gasteiger partial charge in [0.2, 0.25) is 0 Å². The van der Waals surface area contributed by atoms with E-state index in [0.717, 1.165) is 29.7 Å². The number of hydrogen-bond donors (Lipinski definition) is 1. The zero-order valence-corrected chi connectivity index (χ0v) is 15.7. The van der Waals surface area contributed by atoms with Gasteiger partial charge in [-0.2, -0.15) is 14.0 Å². The number of amides is 1. The molecule has 1 unspecified atom stereocenters. The van der Waals surface area contributed by atoms with E-state index in [1.165, 1.54) is 36.6 Å². The number of fused-ring (bicyclic) bond motifs is 1. The van der Waals surface area contributed by atoms with E-state index in [9.17, 15) is 18.8 Å². The third-order valence-corrected chi connectivity index (χ3v) is 5.66. The molecule has 8 heteroatoms. The minimum atomic E-state index is -2.99. The Morgan fingerprint density at radius 1 is 1.41 bits per heavy atom. The van der Waals surface area contributed by atoms with Crippen LogP contribution >= 0.6 is 11.3 Å². The van der Waals surface area contributed by atoms with E-state index in [1.54, 1.807) is 0 Å². The first kappa shape index (κ1) is 19.1. The highest BCUT2D eigenvalue weighted by atomic mass is 32.1. The number of nitrogens with zero attached hydrogens (tertiary/aromatic N) is 1. The number of nitriles is 1. The molecule has 1 N–H and O–H groups in total. The third kappa shape index (κ3) is 4.03. The summed E-state index contributed by atoms with van der Waals surface area (Å²) in [5, 5.41) is 12.8. The molecule has 1 aliphatic rings. The van der Waals surface area contributed by atoms with Gasteiger partial charge in [0.05, 0.1) is 12.7 Å². The second-order valence-corrected chi connectivity index (χ2v) is 7.47. The summed E-state index contributed by atoms with van der Waals surface area (Å²) in [6.45, 7) is -0.820. The number of ether oxygens (including phenoxy) is 2. The van der Waals surface area contributed by atoms with E-state index in [1.807, 2.05) is 0 Å². The smallest absolute Gasteiger partial charge is 0.387 e. The van der Waals surface area contributed by atoms with Crippen molar-refractivity contribution in [2.75, 3.05) is 12.4 Å². The molecule has 1 heterocycles. The number of benzene rings is 1. The first-order valence-corrected chi connectivity index (χ1v) is 9.23. The summed E-state index contributed by atoms with van der Waals surface area (Å²) < 4.78 is 34.2. The van der Waals surface area contributed by atoms with Gasteiger partial charge < -0.3 is 14.8 Å². The molecule has 1 aliphatic carbocycles. The lowest BCUT2D eigenvalue weighted by Crippen LogP contribution is -2.13. The average Bonchev–Trinajstić information content (AvgIpc) is 2.97. The Morgan fingerprint density at radius 3 is 2.85 bits per heavy atom. The molecule has 0 spiro atoms. The quantitative estimate of drug-likeness (QED) is 0.807. The Morgan fingerprint density at radius 2 is 2.19 bits per heavy atom. The van der Waals surface area contributed by atoms with Crippen molar-refractivity contribution in [1.29, 1.82) is 5.26 Å². The van der Waals surface area contributed by atoms with Gasteiger partial charge in [0.15, 0.2) is 11.5 Å². The van der Waals surface area contributed by atoms with Crippen LogP contribution in [0.2, 0.25) is 0 Å². The van der Waals surface area contributed by atoms with Crippen LogP contribution in [0.1, 0.15) is 39.7 Å². The molecule has 0 bridgehead atoms. The first-order chi connectivity index (χ1) is 12.9. The Labute approximate surface area is 159 Å². The normalized spacial score (nSPS) is 15.8. The molecule has 0 radical (unpaired) electrons. The van der Waals surface area contributed by atoms with Gasteiger partial charge in [-0.15, -0.1) is 11.3 Å². The van der Waals surface area contributed by atoms with Crippen LogP contribution in [0, 0.1) is 17.2 Å². The van der Waals surface area contributed by atoms with Gasteiger partial charge >= 0.3 is 6.61 Å². The molecule has 3 rings (SSSR count). The molecule has 1 aromatic carbocycles. The molecule has 0 fully saturated rings. The number of rotatable bonds is 5. The van der Waals surface area contributed by atoms with Crippen molar-refractivity contribution in [2.24, 2.45) is 5.92 Å². The number of alkyl halides is 2. The fourth-order valence-electron chi connectivity index (χ4n) is 3.13. The summed E-state index contributed by atoms with van der Waals surface area (Å²) in [5.74, 6) is -0.0111. The van der Waals surface area contributed by atoms with Gasteiger partial charge in [-0.3, -0.25) is 4.79 Å². The van der Waals surface area contributed by atoms with E-state index in [2.05, 4.69) is 23.0 Å². The molecule has 1 amide bonds. The summed E-state index contributed by atoms with van der Waals surface area (Å²) in [4.78, 5) is 13.7. The first-order valence-electron chi connectivity index (χ1n) is 8.41. The van der Waals surface area contributed by atoms with E-state index in [4.69, 9.17) is 4.74 Å². The van der Waals surface area contributed by atoms with Crippen molar-refractivity contribution in [1.82, 2.24) is 0 Å². The van der Waals surface area contributed by atoms with E-state index < -0.39 is 12.5 Å². The van der Waals surface area contributed by atoms with Crippen LogP contribution in [0.15, 0.2) is 18.2 Å². The maximum atomic E-state index is 12.6. The Kier molecular flexibility index (Phi) is 5.61. The maximum absolute atomic E-state index is 12.6. The van der Waals surface area contributed by atoms with Crippen LogP contribution in [0.4, 0.5) is 13.8 Å². The second-order valence-electron chi connectivity index (χ2n) is 6.37. The van der Waals surface area contributed by atoms with Gasteiger partial charge in [0, 0.05) is 10.4 Å². The van der Waals surface area contributed by atoms with Crippen LogP contribution in [0.3, 0.4) is 0 Å². The zero-order valence-electron chi connectivity index (χ0n) is 14.8. The van der Waals surface area contributed by atoms with E-state index in [0.29, 0.717) is 16.5 Å². The molecule has 1 atom stereocenters. The van der Waals surface area contributed by atoms with Crippen molar-refractivity contribution in [3.63, 3.8) is 0 Å². The average molecular weight is 392 g/mol. The van der Waals surface area contributed by atoms with E-state index >= 15 is 0 Å². The maximum Gasteiger partial charge on any atom is 0.387 e. The van der Waals surface area contributed by atoms with Gasteiger partial charge in [0.25, 0.3) is 5.91 Å². The molecule has 142 valence electrons. The summed E-state index contributed by atoms with van der Waals surface area (Å²) in [7, 11) is 1.30. The van der Waals surface area contributed by atoms with Gasteiger partial charge in [-0.25, -0.2) is 0 Å². The van der Waals surface area contributed by atoms with Gasteiger partial charge in [0.1, 0.15) is 11.1 Å².